The number of amides is 1. The number of ether oxygens (including phenoxy) is 1. The summed E-state index contributed by atoms with van der Waals surface area (Å²) in [4.78, 5) is 11.9. The van der Waals surface area contributed by atoms with Crippen LogP contribution >= 0.6 is 0 Å². The van der Waals surface area contributed by atoms with Crippen molar-refractivity contribution in [3.8, 4) is 0 Å². The van der Waals surface area contributed by atoms with E-state index in [4.69, 9.17) is 4.74 Å². The zero-order chi connectivity index (χ0) is 18.4. The number of hydrogen-bond acceptors (Lipinski definition) is 3. The summed E-state index contributed by atoms with van der Waals surface area (Å²) in [7, 11) is 0. The lowest BCUT2D eigenvalue weighted by molar-refractivity contribution is 0.0523. The number of nitrogens with one attached hydrogen (secondary N) is 2. The molecule has 0 aliphatic rings. The van der Waals surface area contributed by atoms with Gasteiger partial charge in [0.25, 0.3) is 0 Å². The van der Waals surface area contributed by atoms with E-state index >= 15 is 0 Å². The summed E-state index contributed by atoms with van der Waals surface area (Å²) in [5.74, 6) is 0. The van der Waals surface area contributed by atoms with Gasteiger partial charge in [0.1, 0.15) is 5.60 Å². The third kappa shape index (κ3) is 6.14. The Bertz CT molecular complexity index is 703. The van der Waals surface area contributed by atoms with Gasteiger partial charge in [0.2, 0.25) is 0 Å². The van der Waals surface area contributed by atoms with E-state index < -0.39 is 11.7 Å². The molecule has 0 heterocycles. The number of alkyl carbamates (subject to hydrolysis) is 1. The topological polar surface area (TPSA) is 50.4 Å². The number of carbonyl (C=O) groups excluding carboxylic acids is 1. The van der Waals surface area contributed by atoms with E-state index in [-0.39, 0.29) is 6.04 Å². The fourth-order valence-corrected chi connectivity index (χ4v) is 2.47. The first-order chi connectivity index (χ1) is 11.7. The lowest BCUT2D eigenvalue weighted by Gasteiger charge is -2.21. The molecule has 0 aliphatic carbocycles. The van der Waals surface area contributed by atoms with Crippen LogP contribution < -0.4 is 10.6 Å². The van der Waals surface area contributed by atoms with E-state index in [1.54, 1.807) is 0 Å². The highest BCUT2D eigenvalue weighted by molar-refractivity contribution is 5.68. The van der Waals surface area contributed by atoms with E-state index in [1.807, 2.05) is 45.0 Å². The smallest absolute Gasteiger partial charge is 0.407 e. The van der Waals surface area contributed by atoms with Crippen molar-refractivity contribution < 1.29 is 9.53 Å². The monoisotopic (exact) mass is 340 g/mol. The molecule has 1 unspecified atom stereocenters. The van der Waals surface area contributed by atoms with Crippen LogP contribution in [0.15, 0.2) is 48.5 Å². The maximum absolute atomic E-state index is 11.9. The van der Waals surface area contributed by atoms with Crippen LogP contribution in [0.5, 0.6) is 0 Å². The molecule has 25 heavy (non-hydrogen) atoms. The Kier molecular flexibility index (Phi) is 6.07. The van der Waals surface area contributed by atoms with Crippen molar-refractivity contribution in [1.29, 1.82) is 0 Å². The summed E-state index contributed by atoms with van der Waals surface area (Å²) < 4.78 is 5.29. The molecule has 4 nitrogen and oxygen atoms in total. The fraction of sp³-hybridized carbons (Fsp3) is 0.381. The fourth-order valence-electron chi connectivity index (χ4n) is 2.47. The summed E-state index contributed by atoms with van der Waals surface area (Å²) in [5.41, 5.74) is 4.00. The van der Waals surface area contributed by atoms with Crippen LogP contribution in [0.1, 0.15) is 50.4 Å². The van der Waals surface area contributed by atoms with Crippen LogP contribution in [0.25, 0.3) is 0 Å². The average molecular weight is 340 g/mol. The van der Waals surface area contributed by atoms with Gasteiger partial charge in [0, 0.05) is 18.3 Å². The molecule has 4 heteroatoms. The highest BCUT2D eigenvalue weighted by atomic mass is 16.6. The van der Waals surface area contributed by atoms with Gasteiger partial charge in [0.15, 0.2) is 0 Å². The normalized spacial score (nSPS) is 12.4. The molecule has 0 bridgehead atoms. The molecule has 2 aromatic rings. The van der Waals surface area contributed by atoms with Crippen LogP contribution in [-0.4, -0.2) is 11.7 Å². The zero-order valence-electron chi connectivity index (χ0n) is 15.7. The second-order valence-electron chi connectivity index (χ2n) is 7.29. The number of benzene rings is 2. The number of para-hydroxylation sites is 1. The Morgan fingerprint density at radius 3 is 2.36 bits per heavy atom. The maximum atomic E-state index is 11.9. The molecule has 2 N–H and O–H groups in total. The minimum atomic E-state index is -0.498. The Morgan fingerprint density at radius 1 is 1.08 bits per heavy atom. The number of anilines is 1. The summed E-state index contributed by atoms with van der Waals surface area (Å²) >= 11 is 0. The third-order valence-electron chi connectivity index (χ3n) is 3.79. The average Bonchev–Trinajstić information content (AvgIpc) is 2.53. The molecule has 0 fully saturated rings. The van der Waals surface area contributed by atoms with Crippen molar-refractivity contribution in [1.82, 2.24) is 5.32 Å². The molecule has 0 aliphatic heterocycles. The van der Waals surface area contributed by atoms with Gasteiger partial charge in [-0.1, -0.05) is 48.0 Å². The van der Waals surface area contributed by atoms with Gasteiger partial charge in [-0.3, -0.25) is 0 Å². The van der Waals surface area contributed by atoms with Gasteiger partial charge < -0.3 is 15.4 Å². The van der Waals surface area contributed by atoms with Crippen LogP contribution in [0.3, 0.4) is 0 Å². The number of rotatable bonds is 5. The first-order valence-corrected chi connectivity index (χ1v) is 8.62. The summed E-state index contributed by atoms with van der Waals surface area (Å²) in [6.45, 7) is 10.2. The predicted octanol–water partition coefficient (Wildman–Crippen LogP) is 5.19. The van der Waals surface area contributed by atoms with Crippen LogP contribution in [0.2, 0.25) is 0 Å². The van der Waals surface area contributed by atoms with Gasteiger partial charge >= 0.3 is 6.09 Å². The molecular weight excluding hydrogens is 312 g/mol. The molecule has 2 aromatic carbocycles. The Hall–Kier alpha value is -2.49. The van der Waals surface area contributed by atoms with E-state index in [0.29, 0.717) is 6.54 Å². The molecule has 0 radical (unpaired) electrons. The quantitative estimate of drug-likeness (QED) is 0.787. The van der Waals surface area contributed by atoms with Crippen LogP contribution in [0, 0.1) is 6.92 Å². The predicted molar refractivity (Wildman–Crippen MR) is 103 cm³/mol. The lowest BCUT2D eigenvalue weighted by atomic mass is 10.1. The number of carbonyl (C=O) groups is 1. The molecule has 0 spiro atoms. The van der Waals surface area contributed by atoms with Crippen molar-refractivity contribution in [2.75, 3.05) is 5.32 Å². The van der Waals surface area contributed by atoms with Crippen molar-refractivity contribution >= 4 is 11.8 Å². The second kappa shape index (κ2) is 8.06. The SMILES string of the molecule is Cc1ccc(C(C)Nc2ccccc2CNC(=O)OC(C)(C)C)cc1. The molecule has 134 valence electrons. The summed E-state index contributed by atoms with van der Waals surface area (Å²) in [6, 6.07) is 16.6. The van der Waals surface area contributed by atoms with Crippen molar-refractivity contribution in [2.24, 2.45) is 0 Å². The third-order valence-corrected chi connectivity index (χ3v) is 3.79. The second-order valence-corrected chi connectivity index (χ2v) is 7.29. The maximum Gasteiger partial charge on any atom is 0.407 e. The zero-order valence-corrected chi connectivity index (χ0v) is 15.7. The summed E-state index contributed by atoms with van der Waals surface area (Å²) in [5, 5.41) is 6.34. The first kappa shape index (κ1) is 18.8. The number of hydrogen-bond donors (Lipinski definition) is 2. The minimum Gasteiger partial charge on any atom is -0.444 e. The largest absolute Gasteiger partial charge is 0.444 e. The highest BCUT2D eigenvalue weighted by Gasteiger charge is 2.16. The van der Waals surface area contributed by atoms with Gasteiger partial charge in [0.05, 0.1) is 0 Å². The van der Waals surface area contributed by atoms with Gasteiger partial charge in [-0.05, 0) is 51.8 Å². The number of aryl methyl sites for hydroxylation is 1. The molecule has 1 atom stereocenters. The van der Waals surface area contributed by atoms with E-state index in [9.17, 15) is 4.79 Å². The van der Waals surface area contributed by atoms with Gasteiger partial charge in [-0.2, -0.15) is 0 Å². The van der Waals surface area contributed by atoms with E-state index in [1.165, 1.54) is 11.1 Å². The Labute approximate surface area is 150 Å². The van der Waals surface area contributed by atoms with Crippen LogP contribution in [0.4, 0.5) is 10.5 Å². The van der Waals surface area contributed by atoms with E-state index in [0.717, 1.165) is 11.3 Å². The van der Waals surface area contributed by atoms with Crippen LogP contribution in [-0.2, 0) is 11.3 Å². The highest BCUT2D eigenvalue weighted by Crippen LogP contribution is 2.23. The van der Waals surface area contributed by atoms with Gasteiger partial charge in [-0.25, -0.2) is 4.79 Å². The molecule has 0 saturated carbocycles. The minimum absolute atomic E-state index is 0.170. The Morgan fingerprint density at radius 2 is 1.72 bits per heavy atom. The molecule has 2 rings (SSSR count). The molecule has 1 amide bonds. The molecule has 0 saturated heterocycles. The Balaban J connectivity index is 2.02. The van der Waals surface area contributed by atoms with Crippen molar-refractivity contribution in [3.63, 3.8) is 0 Å². The summed E-state index contributed by atoms with van der Waals surface area (Å²) in [6.07, 6.45) is -0.408. The van der Waals surface area contributed by atoms with Crippen molar-refractivity contribution in [2.45, 2.75) is 52.8 Å². The standard InChI is InChI=1S/C21H28N2O2/c1-15-10-12-17(13-11-15)16(2)23-19-9-7-6-8-18(19)14-22-20(24)25-21(3,4)5/h6-13,16,23H,14H2,1-5H3,(H,22,24). The first-order valence-electron chi connectivity index (χ1n) is 8.62. The van der Waals surface area contributed by atoms with Gasteiger partial charge in [-0.15, -0.1) is 0 Å². The molecule has 0 aromatic heterocycles. The van der Waals surface area contributed by atoms with Crippen molar-refractivity contribution in [3.05, 3.63) is 65.2 Å². The molecular formula is C21H28N2O2. The van der Waals surface area contributed by atoms with E-state index in [2.05, 4.69) is 48.7 Å². The lowest BCUT2D eigenvalue weighted by Crippen LogP contribution is -2.32.